The summed E-state index contributed by atoms with van der Waals surface area (Å²) in [6.07, 6.45) is 1.69. The number of anilines is 1. The first kappa shape index (κ1) is 10.7. The van der Waals surface area contributed by atoms with Crippen molar-refractivity contribution in [2.24, 2.45) is 5.84 Å². The van der Waals surface area contributed by atoms with E-state index in [0.29, 0.717) is 5.82 Å². The molecule has 16 heavy (non-hydrogen) atoms. The van der Waals surface area contributed by atoms with E-state index in [0.717, 1.165) is 16.7 Å². The molecule has 5 nitrogen and oxygen atoms in total. The Morgan fingerprint density at radius 1 is 1.31 bits per heavy atom. The summed E-state index contributed by atoms with van der Waals surface area (Å²) in [5.41, 5.74) is 11.7. The number of aryl methyl sites for hydroxylation is 1. The standard InChI is InChI=1S/C11H15N5/c1-7-4-2-3-5-8(7)10(15-13)9-6-14-16-11(9)12/h2-6,10,15H,13H2,1H3,(H3,12,14,16). The van der Waals surface area contributed by atoms with Crippen LogP contribution in [0.25, 0.3) is 0 Å². The van der Waals surface area contributed by atoms with Crippen molar-refractivity contribution in [1.82, 2.24) is 15.6 Å². The van der Waals surface area contributed by atoms with E-state index in [1.54, 1.807) is 6.20 Å². The van der Waals surface area contributed by atoms with Crippen molar-refractivity contribution in [3.8, 4) is 0 Å². The van der Waals surface area contributed by atoms with Crippen LogP contribution in [0.15, 0.2) is 30.5 Å². The van der Waals surface area contributed by atoms with Gasteiger partial charge in [-0.3, -0.25) is 10.9 Å². The molecular formula is C11H15N5. The van der Waals surface area contributed by atoms with Gasteiger partial charge in [0.1, 0.15) is 5.82 Å². The van der Waals surface area contributed by atoms with Gasteiger partial charge in [-0.2, -0.15) is 5.10 Å². The van der Waals surface area contributed by atoms with E-state index in [-0.39, 0.29) is 6.04 Å². The average Bonchev–Trinajstić information content (AvgIpc) is 2.69. The van der Waals surface area contributed by atoms with Gasteiger partial charge in [-0.05, 0) is 18.1 Å². The summed E-state index contributed by atoms with van der Waals surface area (Å²) >= 11 is 0. The zero-order valence-electron chi connectivity index (χ0n) is 9.07. The van der Waals surface area contributed by atoms with Crippen LogP contribution in [0, 0.1) is 6.92 Å². The molecule has 0 aliphatic rings. The third kappa shape index (κ3) is 1.78. The lowest BCUT2D eigenvalue weighted by molar-refractivity contribution is 0.635. The molecule has 0 fully saturated rings. The molecule has 0 aliphatic carbocycles. The van der Waals surface area contributed by atoms with Gasteiger partial charge in [-0.1, -0.05) is 24.3 Å². The number of H-pyrrole nitrogens is 1. The lowest BCUT2D eigenvalue weighted by Gasteiger charge is -2.17. The van der Waals surface area contributed by atoms with Crippen molar-refractivity contribution in [2.45, 2.75) is 13.0 Å². The highest BCUT2D eigenvalue weighted by atomic mass is 15.2. The fraction of sp³-hybridized carbons (Fsp3) is 0.182. The number of hydrogen-bond acceptors (Lipinski definition) is 4. The van der Waals surface area contributed by atoms with E-state index in [9.17, 15) is 0 Å². The molecule has 1 unspecified atom stereocenters. The van der Waals surface area contributed by atoms with Gasteiger partial charge in [0, 0.05) is 5.56 Å². The first-order valence-electron chi connectivity index (χ1n) is 5.04. The van der Waals surface area contributed by atoms with Crippen LogP contribution in [0.4, 0.5) is 5.82 Å². The van der Waals surface area contributed by atoms with Gasteiger partial charge < -0.3 is 5.73 Å². The molecular weight excluding hydrogens is 202 g/mol. The largest absolute Gasteiger partial charge is 0.384 e. The quantitative estimate of drug-likeness (QED) is 0.453. The van der Waals surface area contributed by atoms with Gasteiger partial charge in [0.2, 0.25) is 0 Å². The second-order valence-corrected chi connectivity index (χ2v) is 3.70. The fourth-order valence-electron chi connectivity index (χ4n) is 1.79. The number of nitrogens with zero attached hydrogens (tertiary/aromatic N) is 1. The molecule has 5 heteroatoms. The maximum absolute atomic E-state index is 5.79. The van der Waals surface area contributed by atoms with E-state index in [1.165, 1.54) is 0 Å². The number of aromatic nitrogens is 2. The van der Waals surface area contributed by atoms with Crippen molar-refractivity contribution >= 4 is 5.82 Å². The summed E-state index contributed by atoms with van der Waals surface area (Å²) in [5, 5.41) is 6.61. The Labute approximate surface area is 93.8 Å². The second-order valence-electron chi connectivity index (χ2n) is 3.70. The summed E-state index contributed by atoms with van der Waals surface area (Å²) in [5.74, 6) is 6.12. The molecule has 0 saturated heterocycles. The first-order valence-corrected chi connectivity index (χ1v) is 5.04. The van der Waals surface area contributed by atoms with E-state index in [1.807, 2.05) is 31.2 Å². The Balaban J connectivity index is 2.45. The molecule has 2 aromatic rings. The van der Waals surface area contributed by atoms with E-state index < -0.39 is 0 Å². The van der Waals surface area contributed by atoms with Crippen LogP contribution in [-0.2, 0) is 0 Å². The SMILES string of the molecule is Cc1ccccc1C(NN)c1cn[nH]c1N. The summed E-state index contributed by atoms with van der Waals surface area (Å²) in [7, 11) is 0. The van der Waals surface area contributed by atoms with Gasteiger partial charge in [0.15, 0.2) is 0 Å². The summed E-state index contributed by atoms with van der Waals surface area (Å²) in [6, 6.07) is 7.89. The van der Waals surface area contributed by atoms with Crippen LogP contribution in [0.1, 0.15) is 22.7 Å². The van der Waals surface area contributed by atoms with Crippen molar-refractivity contribution in [3.05, 3.63) is 47.2 Å². The molecule has 0 spiro atoms. The summed E-state index contributed by atoms with van der Waals surface area (Å²) < 4.78 is 0. The molecule has 0 amide bonds. The van der Waals surface area contributed by atoms with Crippen LogP contribution in [-0.4, -0.2) is 10.2 Å². The normalized spacial score (nSPS) is 12.6. The van der Waals surface area contributed by atoms with Gasteiger partial charge in [0.25, 0.3) is 0 Å². The Hall–Kier alpha value is -1.85. The van der Waals surface area contributed by atoms with E-state index in [4.69, 9.17) is 11.6 Å². The molecule has 0 bridgehead atoms. The number of aromatic amines is 1. The highest BCUT2D eigenvalue weighted by Crippen LogP contribution is 2.26. The van der Waals surface area contributed by atoms with Crippen LogP contribution < -0.4 is 17.0 Å². The molecule has 1 aromatic carbocycles. The van der Waals surface area contributed by atoms with Gasteiger partial charge >= 0.3 is 0 Å². The van der Waals surface area contributed by atoms with Crippen LogP contribution in [0.3, 0.4) is 0 Å². The monoisotopic (exact) mass is 217 g/mol. The van der Waals surface area contributed by atoms with Crippen molar-refractivity contribution < 1.29 is 0 Å². The molecule has 1 heterocycles. The van der Waals surface area contributed by atoms with Crippen LogP contribution >= 0.6 is 0 Å². The third-order valence-electron chi connectivity index (χ3n) is 2.68. The zero-order chi connectivity index (χ0) is 11.5. The Bertz CT molecular complexity index is 477. The third-order valence-corrected chi connectivity index (χ3v) is 2.68. The second kappa shape index (κ2) is 4.34. The molecule has 6 N–H and O–H groups in total. The molecule has 0 saturated carbocycles. The van der Waals surface area contributed by atoms with Crippen molar-refractivity contribution in [1.29, 1.82) is 0 Å². The highest BCUT2D eigenvalue weighted by Gasteiger charge is 2.17. The number of hydrazine groups is 1. The molecule has 0 aliphatic heterocycles. The molecule has 84 valence electrons. The summed E-state index contributed by atoms with van der Waals surface area (Å²) in [4.78, 5) is 0. The number of nitrogens with two attached hydrogens (primary N) is 2. The van der Waals surface area contributed by atoms with Gasteiger partial charge in [-0.25, -0.2) is 5.43 Å². The lowest BCUT2D eigenvalue weighted by atomic mass is 9.97. The van der Waals surface area contributed by atoms with Gasteiger partial charge in [0.05, 0.1) is 12.2 Å². The minimum Gasteiger partial charge on any atom is -0.384 e. The Morgan fingerprint density at radius 2 is 2.06 bits per heavy atom. The summed E-state index contributed by atoms with van der Waals surface area (Å²) in [6.45, 7) is 2.04. The number of nitrogens with one attached hydrogen (secondary N) is 2. The van der Waals surface area contributed by atoms with Crippen molar-refractivity contribution in [2.75, 3.05) is 5.73 Å². The number of hydrogen-bond donors (Lipinski definition) is 4. The number of benzene rings is 1. The maximum Gasteiger partial charge on any atom is 0.124 e. The smallest absolute Gasteiger partial charge is 0.124 e. The van der Waals surface area contributed by atoms with Gasteiger partial charge in [-0.15, -0.1) is 0 Å². The number of rotatable bonds is 3. The zero-order valence-corrected chi connectivity index (χ0v) is 9.07. The van der Waals surface area contributed by atoms with E-state index >= 15 is 0 Å². The fourth-order valence-corrected chi connectivity index (χ4v) is 1.79. The van der Waals surface area contributed by atoms with E-state index in [2.05, 4.69) is 15.6 Å². The Morgan fingerprint density at radius 3 is 2.62 bits per heavy atom. The first-order chi connectivity index (χ1) is 7.74. The molecule has 0 radical (unpaired) electrons. The number of nitrogen functional groups attached to an aromatic ring is 1. The highest BCUT2D eigenvalue weighted by molar-refractivity contribution is 5.46. The minimum absolute atomic E-state index is 0.139. The minimum atomic E-state index is -0.139. The lowest BCUT2D eigenvalue weighted by Crippen LogP contribution is -2.29. The Kier molecular flexibility index (Phi) is 2.89. The van der Waals surface area contributed by atoms with Crippen LogP contribution in [0.2, 0.25) is 0 Å². The predicted molar refractivity (Wildman–Crippen MR) is 63.3 cm³/mol. The van der Waals surface area contributed by atoms with Crippen molar-refractivity contribution in [3.63, 3.8) is 0 Å². The molecule has 1 aromatic heterocycles. The average molecular weight is 217 g/mol. The topological polar surface area (TPSA) is 92.7 Å². The maximum atomic E-state index is 5.79. The molecule has 2 rings (SSSR count). The van der Waals surface area contributed by atoms with Crippen LogP contribution in [0.5, 0.6) is 0 Å². The predicted octanol–water partition coefficient (Wildman–Crippen LogP) is 0.853. The molecule has 1 atom stereocenters.